The predicted molar refractivity (Wildman–Crippen MR) is 148 cm³/mol. The van der Waals surface area contributed by atoms with Crippen LogP contribution in [0, 0.1) is 25.7 Å². The number of carbonyl (C=O) groups is 3. The van der Waals surface area contributed by atoms with Crippen molar-refractivity contribution in [3.63, 3.8) is 0 Å². The molecule has 0 aromatic heterocycles. The quantitative estimate of drug-likeness (QED) is 0.460. The number of aliphatic hydroxyl groups excluding tert-OH is 1. The molecule has 2 amide bonds. The smallest absolute Gasteiger partial charge is 0.313 e. The van der Waals surface area contributed by atoms with Crippen LogP contribution in [0.25, 0.3) is 0 Å². The van der Waals surface area contributed by atoms with Gasteiger partial charge in [0.25, 0.3) is 5.91 Å². The van der Waals surface area contributed by atoms with Gasteiger partial charge in [-0.15, -0.1) is 0 Å². The number of nitrogens with zero attached hydrogens (tertiary/aromatic N) is 2. The van der Waals surface area contributed by atoms with E-state index in [9.17, 15) is 19.5 Å². The fourth-order valence-corrected chi connectivity index (χ4v) is 7.33. The van der Waals surface area contributed by atoms with Gasteiger partial charge in [0.1, 0.15) is 29.8 Å². The zero-order valence-corrected chi connectivity index (χ0v) is 22.9. The highest BCUT2D eigenvalue weighted by Crippen LogP contribution is 2.59. The van der Waals surface area contributed by atoms with Crippen molar-refractivity contribution in [1.82, 2.24) is 4.90 Å². The number of fused-ring (bicyclic) bond motifs is 2. The van der Waals surface area contributed by atoms with Gasteiger partial charge in [0.2, 0.25) is 5.91 Å². The van der Waals surface area contributed by atoms with Gasteiger partial charge in [-0.05, 0) is 43.0 Å². The summed E-state index contributed by atoms with van der Waals surface area (Å²) in [6.45, 7) is 5.80. The largest absolute Gasteiger partial charge is 0.461 e. The molecule has 0 radical (unpaired) electrons. The number of esters is 1. The van der Waals surface area contributed by atoms with Crippen molar-refractivity contribution in [2.75, 3.05) is 24.7 Å². The van der Waals surface area contributed by atoms with Crippen LogP contribution in [0.15, 0.2) is 72.8 Å². The lowest BCUT2D eigenvalue weighted by Crippen LogP contribution is -2.57. The van der Waals surface area contributed by atoms with Gasteiger partial charge in [0, 0.05) is 12.2 Å². The number of cyclic esters (lactones) is 1. The number of carbonyl (C=O) groups excluding carboxylic acids is 3. The molecule has 0 bridgehead atoms. The molecular weight excluding hydrogens is 508 g/mol. The van der Waals surface area contributed by atoms with Gasteiger partial charge in [-0.1, -0.05) is 73.7 Å². The predicted octanol–water partition coefficient (Wildman–Crippen LogP) is 3.41. The highest BCUT2D eigenvalue weighted by Gasteiger charge is 2.76. The average Bonchev–Trinajstić information content (AvgIpc) is 3.23. The van der Waals surface area contributed by atoms with Crippen molar-refractivity contribution in [2.45, 2.75) is 50.5 Å². The maximum absolute atomic E-state index is 14.8. The summed E-state index contributed by atoms with van der Waals surface area (Å²) in [6, 6.07) is 13.1. The molecule has 1 spiro atoms. The van der Waals surface area contributed by atoms with Crippen LogP contribution >= 0.6 is 0 Å². The number of ether oxygens (including phenoxy) is 2. The second-order valence-corrected chi connectivity index (χ2v) is 11.1. The highest BCUT2D eigenvalue weighted by atomic mass is 16.6. The van der Waals surface area contributed by atoms with E-state index in [1.165, 1.54) is 4.90 Å². The average molecular weight is 543 g/mol. The number of likely N-dealkylation sites (tertiary alicyclic amines) is 1. The first-order valence-corrected chi connectivity index (χ1v) is 13.9. The summed E-state index contributed by atoms with van der Waals surface area (Å²) in [7, 11) is 0. The van der Waals surface area contributed by atoms with Crippen LogP contribution in [0.1, 0.15) is 36.1 Å². The Morgan fingerprint density at radius 3 is 2.35 bits per heavy atom. The third kappa shape index (κ3) is 3.62. The Morgan fingerprint density at radius 1 is 0.950 bits per heavy atom. The molecule has 40 heavy (non-hydrogen) atoms. The van der Waals surface area contributed by atoms with Gasteiger partial charge >= 0.3 is 5.97 Å². The van der Waals surface area contributed by atoms with Crippen molar-refractivity contribution < 1.29 is 29.0 Å². The number of benzene rings is 2. The van der Waals surface area contributed by atoms with Crippen molar-refractivity contribution in [3.05, 3.63) is 89.5 Å². The van der Waals surface area contributed by atoms with Crippen molar-refractivity contribution >= 4 is 23.5 Å². The molecule has 1 unspecified atom stereocenters. The lowest BCUT2D eigenvalue weighted by Gasteiger charge is -2.41. The molecule has 0 aliphatic carbocycles. The normalized spacial score (nSPS) is 31.8. The fraction of sp³-hybridized carbons (Fsp3) is 0.406. The Hall–Kier alpha value is -3.75. The van der Waals surface area contributed by atoms with Crippen LogP contribution in [-0.4, -0.2) is 64.8 Å². The summed E-state index contributed by atoms with van der Waals surface area (Å²) in [4.78, 5) is 46.1. The minimum Gasteiger partial charge on any atom is -0.461 e. The maximum Gasteiger partial charge on any atom is 0.313 e. The van der Waals surface area contributed by atoms with E-state index in [-0.39, 0.29) is 19.1 Å². The van der Waals surface area contributed by atoms with Crippen LogP contribution in [0.3, 0.4) is 0 Å². The number of aliphatic hydroxyl groups is 1. The van der Waals surface area contributed by atoms with Crippen molar-refractivity contribution in [1.29, 1.82) is 0 Å². The minimum absolute atomic E-state index is 0.0971. The van der Waals surface area contributed by atoms with Gasteiger partial charge in [-0.25, -0.2) is 0 Å². The first kappa shape index (κ1) is 26.5. The molecule has 4 aliphatic rings. The molecule has 2 aromatic carbocycles. The molecule has 4 heterocycles. The van der Waals surface area contributed by atoms with Crippen LogP contribution < -0.4 is 4.90 Å². The number of anilines is 1. The van der Waals surface area contributed by atoms with E-state index in [0.29, 0.717) is 12.0 Å². The van der Waals surface area contributed by atoms with E-state index in [0.717, 1.165) is 16.8 Å². The van der Waals surface area contributed by atoms with Crippen LogP contribution in [0.5, 0.6) is 0 Å². The maximum atomic E-state index is 14.8. The molecule has 6 rings (SSSR count). The topological polar surface area (TPSA) is 96.4 Å². The molecule has 4 aliphatic heterocycles. The third-order valence-corrected chi connectivity index (χ3v) is 9.04. The highest BCUT2D eigenvalue weighted by molar-refractivity contribution is 6.06. The summed E-state index contributed by atoms with van der Waals surface area (Å²) in [5.41, 5.74) is 0.809. The van der Waals surface area contributed by atoms with Gasteiger partial charge in [-0.2, -0.15) is 0 Å². The molecule has 1 N–H and O–H groups in total. The summed E-state index contributed by atoms with van der Waals surface area (Å²) >= 11 is 0. The van der Waals surface area contributed by atoms with E-state index in [1.54, 1.807) is 11.0 Å². The second kappa shape index (κ2) is 9.71. The van der Waals surface area contributed by atoms with E-state index in [2.05, 4.69) is 0 Å². The molecular formula is C32H34N2O6. The van der Waals surface area contributed by atoms with Gasteiger partial charge in [0.05, 0.1) is 18.6 Å². The summed E-state index contributed by atoms with van der Waals surface area (Å²) in [6.07, 6.45) is 7.69. The Bertz CT molecular complexity index is 1400. The lowest BCUT2D eigenvalue weighted by atomic mass is 9.73. The Labute approximate surface area is 233 Å². The molecule has 2 fully saturated rings. The Kier molecular flexibility index (Phi) is 6.43. The molecule has 6 atom stereocenters. The SMILES string of the molecule is CC[C@]12C=CCOC(=O)[C@H]1[C@H]1C(=O)N([C@H](CO)c3ccccc3)C3C(=O)N(c4c(C)cccc4C)CC=C[C@@]31O2. The van der Waals surface area contributed by atoms with E-state index in [1.807, 2.05) is 87.5 Å². The van der Waals surface area contributed by atoms with Crippen LogP contribution in [-0.2, 0) is 23.9 Å². The summed E-state index contributed by atoms with van der Waals surface area (Å²) in [5, 5.41) is 10.7. The standard InChI is InChI=1S/C32H34N2O6/c1-4-31-15-10-18-39-30(38)25(31)24-28(36)34(23(19-35)22-13-6-5-7-14-22)27-29(37)33(17-9-16-32(24,27)40-31)26-20(2)11-8-12-21(26)3/h5-16,23-25,27,35H,4,17-19H2,1-3H3/t23-,24+,25-,27?,31+,32+/m1/s1. The minimum atomic E-state index is -1.43. The molecule has 2 saturated heterocycles. The zero-order valence-electron chi connectivity index (χ0n) is 22.9. The summed E-state index contributed by atoms with van der Waals surface area (Å²) < 4.78 is 12.4. The molecule has 0 saturated carbocycles. The summed E-state index contributed by atoms with van der Waals surface area (Å²) in [5.74, 6) is -3.16. The second-order valence-electron chi connectivity index (χ2n) is 11.1. The molecule has 8 nitrogen and oxygen atoms in total. The molecule has 208 valence electrons. The number of rotatable bonds is 5. The van der Waals surface area contributed by atoms with Crippen LogP contribution in [0.2, 0.25) is 0 Å². The number of para-hydroxylation sites is 1. The first-order valence-electron chi connectivity index (χ1n) is 13.9. The lowest BCUT2D eigenvalue weighted by molar-refractivity contribution is -0.159. The monoisotopic (exact) mass is 542 g/mol. The molecule has 8 heteroatoms. The van der Waals surface area contributed by atoms with Gasteiger partial charge in [0.15, 0.2) is 0 Å². The third-order valence-electron chi connectivity index (χ3n) is 9.04. The number of aryl methyl sites for hydroxylation is 2. The van der Waals surface area contributed by atoms with Crippen molar-refractivity contribution in [3.8, 4) is 0 Å². The van der Waals surface area contributed by atoms with Crippen LogP contribution in [0.4, 0.5) is 5.69 Å². The Morgan fingerprint density at radius 2 is 1.68 bits per heavy atom. The number of hydrogen-bond donors (Lipinski definition) is 1. The van der Waals surface area contributed by atoms with Gasteiger partial charge in [-0.3, -0.25) is 14.4 Å². The van der Waals surface area contributed by atoms with E-state index >= 15 is 0 Å². The number of amides is 2. The Balaban J connectivity index is 1.57. The van der Waals surface area contributed by atoms with Crippen molar-refractivity contribution in [2.24, 2.45) is 11.8 Å². The van der Waals surface area contributed by atoms with E-state index in [4.69, 9.17) is 9.47 Å². The molecule has 2 aromatic rings. The van der Waals surface area contributed by atoms with Gasteiger partial charge < -0.3 is 24.4 Å². The van der Waals surface area contributed by atoms with E-state index < -0.39 is 53.6 Å². The number of hydrogen-bond acceptors (Lipinski definition) is 6. The fourth-order valence-electron chi connectivity index (χ4n) is 7.33. The first-order chi connectivity index (χ1) is 19.3. The zero-order chi connectivity index (χ0) is 28.2.